The van der Waals surface area contributed by atoms with Crippen LogP contribution in [0, 0.1) is 5.92 Å². The number of hydrogen-bond acceptors (Lipinski definition) is 4. The zero-order chi connectivity index (χ0) is 15.0. The van der Waals surface area contributed by atoms with Gasteiger partial charge in [0, 0.05) is 30.5 Å². The molecule has 0 fully saturated rings. The van der Waals surface area contributed by atoms with E-state index in [0.29, 0.717) is 25.1 Å². The van der Waals surface area contributed by atoms with E-state index < -0.39 is 0 Å². The Kier molecular flexibility index (Phi) is 7.25. The molecule has 2 atom stereocenters. The highest BCUT2D eigenvalue weighted by Crippen LogP contribution is 2.05. The van der Waals surface area contributed by atoms with Crippen LogP contribution in [-0.2, 0) is 4.79 Å². The van der Waals surface area contributed by atoms with E-state index in [4.69, 9.17) is 0 Å². The Balaban J connectivity index is 2.13. The van der Waals surface area contributed by atoms with Crippen molar-refractivity contribution >= 4 is 23.2 Å². The molecule has 0 radical (unpaired) electrons. The SMILES string of the molecule is CC(O)CC(C)CNC(=O)CCNC(=O)c1ccsc1. The minimum absolute atomic E-state index is 0.0898. The smallest absolute Gasteiger partial charge is 0.252 e. The van der Waals surface area contributed by atoms with Crippen molar-refractivity contribution in [3.05, 3.63) is 22.4 Å². The summed E-state index contributed by atoms with van der Waals surface area (Å²) in [7, 11) is 0. The van der Waals surface area contributed by atoms with Gasteiger partial charge in [0.25, 0.3) is 5.91 Å². The number of carbonyl (C=O) groups excluding carboxylic acids is 2. The maximum Gasteiger partial charge on any atom is 0.252 e. The first kappa shape index (κ1) is 16.7. The fourth-order valence-electron chi connectivity index (χ4n) is 1.83. The van der Waals surface area contributed by atoms with E-state index in [1.807, 2.05) is 12.3 Å². The lowest BCUT2D eigenvalue weighted by Crippen LogP contribution is -2.33. The molecule has 0 aliphatic rings. The first-order valence-corrected chi connectivity index (χ1v) is 7.68. The highest BCUT2D eigenvalue weighted by molar-refractivity contribution is 7.08. The Morgan fingerprint density at radius 1 is 1.35 bits per heavy atom. The summed E-state index contributed by atoms with van der Waals surface area (Å²) in [6.45, 7) is 4.58. The number of nitrogens with one attached hydrogen (secondary N) is 2. The minimum Gasteiger partial charge on any atom is -0.393 e. The first-order valence-electron chi connectivity index (χ1n) is 6.74. The van der Waals surface area contributed by atoms with E-state index >= 15 is 0 Å². The summed E-state index contributed by atoms with van der Waals surface area (Å²) in [6.07, 6.45) is 0.568. The van der Waals surface area contributed by atoms with E-state index in [-0.39, 0.29) is 30.3 Å². The zero-order valence-electron chi connectivity index (χ0n) is 11.9. The number of amides is 2. The molecule has 112 valence electrons. The van der Waals surface area contributed by atoms with Crippen LogP contribution in [0.1, 0.15) is 37.0 Å². The van der Waals surface area contributed by atoms with Crippen LogP contribution in [0.15, 0.2) is 16.8 Å². The zero-order valence-corrected chi connectivity index (χ0v) is 12.7. The van der Waals surface area contributed by atoms with Gasteiger partial charge in [-0.1, -0.05) is 6.92 Å². The molecule has 6 heteroatoms. The van der Waals surface area contributed by atoms with Gasteiger partial charge in [-0.3, -0.25) is 9.59 Å². The van der Waals surface area contributed by atoms with E-state index in [1.54, 1.807) is 18.4 Å². The largest absolute Gasteiger partial charge is 0.393 e. The quantitative estimate of drug-likeness (QED) is 0.678. The molecule has 0 saturated carbocycles. The van der Waals surface area contributed by atoms with Gasteiger partial charge in [-0.05, 0) is 30.7 Å². The number of aliphatic hydroxyl groups excluding tert-OH is 1. The summed E-state index contributed by atoms with van der Waals surface area (Å²) < 4.78 is 0. The fraction of sp³-hybridized carbons (Fsp3) is 0.571. The molecule has 0 bridgehead atoms. The number of carbonyl (C=O) groups is 2. The molecule has 0 aromatic carbocycles. The van der Waals surface area contributed by atoms with Gasteiger partial charge >= 0.3 is 0 Å². The molecule has 1 aromatic heterocycles. The third-order valence-corrected chi connectivity index (χ3v) is 3.50. The van der Waals surface area contributed by atoms with Crippen LogP contribution in [0.2, 0.25) is 0 Å². The van der Waals surface area contributed by atoms with Gasteiger partial charge in [0.2, 0.25) is 5.91 Å². The molecule has 2 unspecified atom stereocenters. The van der Waals surface area contributed by atoms with Crippen LogP contribution >= 0.6 is 11.3 Å². The van der Waals surface area contributed by atoms with E-state index in [1.165, 1.54) is 11.3 Å². The monoisotopic (exact) mass is 298 g/mol. The van der Waals surface area contributed by atoms with Gasteiger partial charge in [-0.2, -0.15) is 11.3 Å². The van der Waals surface area contributed by atoms with Gasteiger partial charge in [0.1, 0.15) is 0 Å². The standard InChI is InChI=1S/C14H22N2O3S/c1-10(7-11(2)17)8-16-13(18)3-5-15-14(19)12-4-6-20-9-12/h4,6,9-11,17H,3,5,7-8H2,1-2H3,(H,15,19)(H,16,18). The Morgan fingerprint density at radius 3 is 2.70 bits per heavy atom. The fourth-order valence-corrected chi connectivity index (χ4v) is 2.46. The molecule has 0 saturated heterocycles. The van der Waals surface area contributed by atoms with Crippen LogP contribution in [0.5, 0.6) is 0 Å². The third-order valence-electron chi connectivity index (χ3n) is 2.81. The van der Waals surface area contributed by atoms with Crippen LogP contribution in [0.25, 0.3) is 0 Å². The summed E-state index contributed by atoms with van der Waals surface area (Å²) in [5, 5.41) is 18.3. The predicted molar refractivity (Wildman–Crippen MR) is 79.7 cm³/mol. The average Bonchev–Trinajstić information content (AvgIpc) is 2.89. The molecule has 20 heavy (non-hydrogen) atoms. The second-order valence-corrected chi connectivity index (χ2v) is 5.79. The molecule has 2 amide bonds. The number of thiophene rings is 1. The molecule has 5 nitrogen and oxygen atoms in total. The normalized spacial score (nSPS) is 13.6. The van der Waals surface area contributed by atoms with Crippen molar-refractivity contribution in [1.29, 1.82) is 0 Å². The summed E-state index contributed by atoms with van der Waals surface area (Å²) in [4.78, 5) is 23.2. The molecular formula is C14H22N2O3S. The summed E-state index contributed by atoms with van der Waals surface area (Å²) in [5.41, 5.74) is 0.626. The Labute approximate surface area is 123 Å². The lowest BCUT2D eigenvalue weighted by Gasteiger charge is -2.14. The molecule has 1 rings (SSSR count). The second kappa shape index (κ2) is 8.71. The number of rotatable bonds is 8. The summed E-state index contributed by atoms with van der Waals surface area (Å²) in [6, 6.07) is 1.75. The maximum absolute atomic E-state index is 11.6. The Bertz CT molecular complexity index is 418. The molecule has 0 aliphatic heterocycles. The Morgan fingerprint density at radius 2 is 2.10 bits per heavy atom. The molecule has 0 aliphatic carbocycles. The van der Waals surface area contributed by atoms with E-state index in [0.717, 1.165) is 0 Å². The van der Waals surface area contributed by atoms with Gasteiger partial charge < -0.3 is 15.7 Å². The summed E-state index contributed by atoms with van der Waals surface area (Å²) in [5.74, 6) is -0.00562. The van der Waals surface area contributed by atoms with Gasteiger partial charge in [0.15, 0.2) is 0 Å². The maximum atomic E-state index is 11.6. The predicted octanol–water partition coefficient (Wildman–Crippen LogP) is 1.39. The van der Waals surface area contributed by atoms with Crippen LogP contribution in [-0.4, -0.2) is 36.1 Å². The molecule has 1 heterocycles. The topological polar surface area (TPSA) is 78.4 Å². The van der Waals surface area contributed by atoms with Crippen LogP contribution in [0.3, 0.4) is 0 Å². The van der Waals surface area contributed by atoms with Gasteiger partial charge in [0.05, 0.1) is 6.10 Å². The third kappa shape index (κ3) is 6.68. The van der Waals surface area contributed by atoms with Crippen molar-refractivity contribution < 1.29 is 14.7 Å². The van der Waals surface area contributed by atoms with Gasteiger partial charge in [-0.15, -0.1) is 0 Å². The lowest BCUT2D eigenvalue weighted by molar-refractivity contribution is -0.121. The molecule has 0 spiro atoms. The average molecular weight is 298 g/mol. The molecule has 1 aromatic rings. The summed E-state index contributed by atoms with van der Waals surface area (Å²) >= 11 is 1.46. The lowest BCUT2D eigenvalue weighted by atomic mass is 10.0. The highest BCUT2D eigenvalue weighted by atomic mass is 32.1. The second-order valence-electron chi connectivity index (χ2n) is 5.01. The van der Waals surface area contributed by atoms with Crippen molar-refractivity contribution in [3.8, 4) is 0 Å². The molecule has 3 N–H and O–H groups in total. The number of aliphatic hydroxyl groups is 1. The van der Waals surface area contributed by atoms with Gasteiger partial charge in [-0.25, -0.2) is 0 Å². The van der Waals surface area contributed by atoms with E-state index in [2.05, 4.69) is 10.6 Å². The van der Waals surface area contributed by atoms with Crippen molar-refractivity contribution in [2.75, 3.05) is 13.1 Å². The van der Waals surface area contributed by atoms with Crippen LogP contribution in [0.4, 0.5) is 0 Å². The molecular weight excluding hydrogens is 276 g/mol. The van der Waals surface area contributed by atoms with Crippen molar-refractivity contribution in [2.24, 2.45) is 5.92 Å². The van der Waals surface area contributed by atoms with E-state index in [9.17, 15) is 14.7 Å². The van der Waals surface area contributed by atoms with Crippen molar-refractivity contribution in [3.63, 3.8) is 0 Å². The Hall–Kier alpha value is -1.40. The number of hydrogen-bond donors (Lipinski definition) is 3. The van der Waals surface area contributed by atoms with Crippen molar-refractivity contribution in [2.45, 2.75) is 32.8 Å². The van der Waals surface area contributed by atoms with Crippen molar-refractivity contribution in [1.82, 2.24) is 10.6 Å². The first-order chi connectivity index (χ1) is 9.49. The highest BCUT2D eigenvalue weighted by Gasteiger charge is 2.09. The van der Waals surface area contributed by atoms with Crippen LogP contribution < -0.4 is 10.6 Å². The minimum atomic E-state index is -0.355.